The van der Waals surface area contributed by atoms with Gasteiger partial charge in [-0.1, -0.05) is 54.6 Å². The van der Waals surface area contributed by atoms with E-state index in [4.69, 9.17) is 0 Å². The first-order chi connectivity index (χ1) is 11.2. The lowest BCUT2D eigenvalue weighted by molar-refractivity contribution is 0.315. The summed E-state index contributed by atoms with van der Waals surface area (Å²) in [5.41, 5.74) is 5.81. The molecule has 3 rings (SSSR count). The van der Waals surface area contributed by atoms with E-state index in [2.05, 4.69) is 70.4 Å². The minimum absolute atomic E-state index is 0.788. The Balaban J connectivity index is 1.76. The van der Waals surface area contributed by atoms with Gasteiger partial charge in [0.05, 0.1) is 11.4 Å². The van der Waals surface area contributed by atoms with Gasteiger partial charge in [0, 0.05) is 25.5 Å². The number of nitrogens with zero attached hydrogens (tertiary/aromatic N) is 3. The predicted molar refractivity (Wildman–Crippen MR) is 93.8 cm³/mol. The molecule has 0 radical (unpaired) electrons. The quantitative estimate of drug-likeness (QED) is 0.711. The monoisotopic (exact) mass is 303 g/mol. The van der Waals surface area contributed by atoms with Crippen LogP contribution < -0.4 is 0 Å². The topological polar surface area (TPSA) is 29.0 Å². The Bertz CT molecular complexity index is 751. The summed E-state index contributed by atoms with van der Waals surface area (Å²) < 4.78 is 0. The molecule has 0 saturated carbocycles. The zero-order chi connectivity index (χ0) is 16.1. The fourth-order valence-corrected chi connectivity index (χ4v) is 2.68. The van der Waals surface area contributed by atoms with Crippen molar-refractivity contribution in [1.29, 1.82) is 0 Å². The third-order valence-electron chi connectivity index (χ3n) is 3.81. The summed E-state index contributed by atoms with van der Waals surface area (Å²) in [5.74, 6) is 0. The average Bonchev–Trinajstić information content (AvgIpc) is 2.58. The van der Waals surface area contributed by atoms with Crippen LogP contribution in [0.4, 0.5) is 0 Å². The zero-order valence-electron chi connectivity index (χ0n) is 13.6. The molecule has 3 heteroatoms. The van der Waals surface area contributed by atoms with Gasteiger partial charge in [-0.25, -0.2) is 0 Å². The lowest BCUT2D eigenvalue weighted by Crippen LogP contribution is -2.18. The van der Waals surface area contributed by atoms with E-state index < -0.39 is 0 Å². The van der Waals surface area contributed by atoms with Crippen molar-refractivity contribution in [2.75, 3.05) is 7.05 Å². The molecule has 0 atom stereocenters. The molecule has 3 nitrogen and oxygen atoms in total. The van der Waals surface area contributed by atoms with Crippen LogP contribution in [0.15, 0.2) is 67.0 Å². The van der Waals surface area contributed by atoms with Crippen LogP contribution in [0.3, 0.4) is 0 Å². The second-order valence-corrected chi connectivity index (χ2v) is 5.84. The summed E-state index contributed by atoms with van der Waals surface area (Å²) >= 11 is 0. The van der Waals surface area contributed by atoms with Crippen molar-refractivity contribution in [2.45, 2.75) is 20.0 Å². The van der Waals surface area contributed by atoms with Crippen molar-refractivity contribution in [1.82, 2.24) is 14.9 Å². The predicted octanol–water partition coefficient (Wildman–Crippen LogP) is 4.08. The Morgan fingerprint density at radius 3 is 2.30 bits per heavy atom. The van der Waals surface area contributed by atoms with E-state index in [1.807, 2.05) is 25.4 Å². The van der Waals surface area contributed by atoms with Gasteiger partial charge in [0.15, 0.2) is 0 Å². The van der Waals surface area contributed by atoms with Gasteiger partial charge in [0.25, 0.3) is 0 Å². The highest BCUT2D eigenvalue weighted by atomic mass is 15.1. The van der Waals surface area contributed by atoms with Crippen molar-refractivity contribution in [3.8, 4) is 11.1 Å². The second kappa shape index (κ2) is 7.16. The van der Waals surface area contributed by atoms with Crippen molar-refractivity contribution in [2.24, 2.45) is 0 Å². The SMILES string of the molecule is Cc1cnc(CN(C)Cc2ccccc2-c2ccccc2)cn1. The van der Waals surface area contributed by atoms with E-state index in [0.29, 0.717) is 0 Å². The number of benzene rings is 2. The van der Waals surface area contributed by atoms with E-state index in [1.54, 1.807) is 0 Å². The van der Waals surface area contributed by atoms with Gasteiger partial charge in [0.1, 0.15) is 0 Å². The molecule has 0 unspecified atom stereocenters. The van der Waals surface area contributed by atoms with Crippen LogP contribution in [-0.2, 0) is 13.1 Å². The van der Waals surface area contributed by atoms with Crippen molar-refractivity contribution >= 4 is 0 Å². The van der Waals surface area contributed by atoms with Crippen molar-refractivity contribution < 1.29 is 0 Å². The Labute approximate surface area is 137 Å². The number of aromatic nitrogens is 2. The summed E-state index contributed by atoms with van der Waals surface area (Å²) in [4.78, 5) is 11.0. The maximum atomic E-state index is 4.44. The summed E-state index contributed by atoms with van der Waals surface area (Å²) in [7, 11) is 2.11. The lowest BCUT2D eigenvalue weighted by Gasteiger charge is -2.18. The van der Waals surface area contributed by atoms with E-state index >= 15 is 0 Å². The Hall–Kier alpha value is -2.52. The molecule has 2 aromatic carbocycles. The van der Waals surface area contributed by atoms with E-state index in [9.17, 15) is 0 Å². The van der Waals surface area contributed by atoms with Gasteiger partial charge in [-0.3, -0.25) is 14.9 Å². The van der Waals surface area contributed by atoms with Crippen LogP contribution in [0.2, 0.25) is 0 Å². The molecule has 3 aromatic rings. The Kier molecular flexibility index (Phi) is 4.79. The fourth-order valence-electron chi connectivity index (χ4n) is 2.68. The van der Waals surface area contributed by atoms with Gasteiger partial charge >= 0.3 is 0 Å². The molecule has 0 aliphatic heterocycles. The molecule has 23 heavy (non-hydrogen) atoms. The van der Waals surface area contributed by atoms with Gasteiger partial charge in [-0.05, 0) is 30.7 Å². The number of hydrogen-bond donors (Lipinski definition) is 0. The van der Waals surface area contributed by atoms with Crippen LogP contribution >= 0.6 is 0 Å². The lowest BCUT2D eigenvalue weighted by atomic mass is 9.99. The molecule has 116 valence electrons. The van der Waals surface area contributed by atoms with Gasteiger partial charge in [0.2, 0.25) is 0 Å². The molecule has 0 aliphatic carbocycles. The summed E-state index contributed by atoms with van der Waals surface area (Å²) in [6.45, 7) is 3.62. The van der Waals surface area contributed by atoms with Gasteiger partial charge in [-0.15, -0.1) is 0 Å². The standard InChI is InChI=1S/C20H21N3/c1-16-12-22-19(13-21-16)15-23(2)14-18-10-6-7-11-20(18)17-8-4-3-5-9-17/h3-13H,14-15H2,1-2H3. The van der Waals surface area contributed by atoms with E-state index in [1.165, 1.54) is 16.7 Å². The molecule has 0 saturated heterocycles. The second-order valence-electron chi connectivity index (χ2n) is 5.84. The Morgan fingerprint density at radius 1 is 0.826 bits per heavy atom. The molecular weight excluding hydrogens is 282 g/mol. The highest BCUT2D eigenvalue weighted by molar-refractivity contribution is 5.67. The molecule has 0 bridgehead atoms. The Morgan fingerprint density at radius 2 is 1.57 bits per heavy atom. The number of hydrogen-bond acceptors (Lipinski definition) is 3. The normalized spacial score (nSPS) is 10.9. The molecule has 0 spiro atoms. The van der Waals surface area contributed by atoms with Crippen LogP contribution in [0.1, 0.15) is 17.0 Å². The minimum Gasteiger partial charge on any atom is -0.296 e. The summed E-state index contributed by atoms with van der Waals surface area (Å²) in [5, 5.41) is 0. The van der Waals surface area contributed by atoms with Crippen molar-refractivity contribution in [3.05, 3.63) is 83.9 Å². The first-order valence-corrected chi connectivity index (χ1v) is 7.82. The fraction of sp³-hybridized carbons (Fsp3) is 0.200. The molecule has 0 amide bonds. The van der Waals surface area contributed by atoms with E-state index in [0.717, 1.165) is 24.5 Å². The maximum absolute atomic E-state index is 4.44. The first kappa shape index (κ1) is 15.4. The van der Waals surface area contributed by atoms with Gasteiger partial charge in [-0.2, -0.15) is 0 Å². The van der Waals surface area contributed by atoms with E-state index in [-0.39, 0.29) is 0 Å². The smallest absolute Gasteiger partial charge is 0.0727 e. The number of rotatable bonds is 5. The molecule has 0 N–H and O–H groups in total. The highest BCUT2D eigenvalue weighted by Crippen LogP contribution is 2.24. The first-order valence-electron chi connectivity index (χ1n) is 7.82. The van der Waals surface area contributed by atoms with Crippen LogP contribution in [-0.4, -0.2) is 21.9 Å². The largest absolute Gasteiger partial charge is 0.296 e. The highest BCUT2D eigenvalue weighted by Gasteiger charge is 2.08. The zero-order valence-corrected chi connectivity index (χ0v) is 13.6. The molecule has 0 fully saturated rings. The molecular formula is C20H21N3. The van der Waals surface area contributed by atoms with Crippen LogP contribution in [0, 0.1) is 6.92 Å². The minimum atomic E-state index is 0.788. The molecule has 1 aromatic heterocycles. The average molecular weight is 303 g/mol. The third kappa shape index (κ3) is 4.02. The third-order valence-corrected chi connectivity index (χ3v) is 3.81. The van der Waals surface area contributed by atoms with Gasteiger partial charge < -0.3 is 0 Å². The summed E-state index contributed by atoms with van der Waals surface area (Å²) in [6, 6.07) is 19.1. The summed E-state index contributed by atoms with van der Waals surface area (Å²) in [6.07, 6.45) is 3.68. The molecule has 0 aliphatic rings. The number of aryl methyl sites for hydroxylation is 1. The molecule has 1 heterocycles. The van der Waals surface area contributed by atoms with Crippen LogP contribution in [0.25, 0.3) is 11.1 Å². The maximum Gasteiger partial charge on any atom is 0.0727 e. The van der Waals surface area contributed by atoms with Crippen molar-refractivity contribution in [3.63, 3.8) is 0 Å². The van der Waals surface area contributed by atoms with Crippen LogP contribution in [0.5, 0.6) is 0 Å².